The molecule has 0 bridgehead atoms. The second kappa shape index (κ2) is 7.64. The van der Waals surface area contributed by atoms with E-state index in [-0.39, 0.29) is 11.5 Å². The molecule has 0 unspecified atom stereocenters. The van der Waals surface area contributed by atoms with Crippen LogP contribution in [0.15, 0.2) is 72.0 Å². The number of benzene rings is 2. The van der Waals surface area contributed by atoms with Gasteiger partial charge in [0.15, 0.2) is 0 Å². The number of carbonyl (C=O) groups excluding carboxylic acids is 1. The molecule has 9 heteroatoms. The third kappa shape index (κ3) is 3.90. The van der Waals surface area contributed by atoms with Gasteiger partial charge in [0.05, 0.1) is 21.7 Å². The molecule has 4 rings (SSSR count). The smallest absolute Gasteiger partial charge is 0.281 e. The van der Waals surface area contributed by atoms with E-state index in [9.17, 15) is 19.3 Å². The van der Waals surface area contributed by atoms with Gasteiger partial charge in [0.1, 0.15) is 5.82 Å². The van der Waals surface area contributed by atoms with Crippen LogP contribution in [0.4, 0.5) is 10.1 Å². The Labute approximate surface area is 167 Å². The van der Waals surface area contributed by atoms with Crippen molar-refractivity contribution >= 4 is 39.2 Å². The Bertz CT molecular complexity index is 1240. The van der Waals surface area contributed by atoms with Crippen molar-refractivity contribution < 1.29 is 14.1 Å². The maximum atomic E-state index is 13.1. The highest BCUT2D eigenvalue weighted by atomic mass is 32.1. The Kier molecular flexibility index (Phi) is 4.88. The molecule has 2 aromatic carbocycles. The van der Waals surface area contributed by atoms with E-state index in [1.807, 2.05) is 6.07 Å². The lowest BCUT2D eigenvalue weighted by molar-refractivity contribution is -0.384. The summed E-state index contributed by atoms with van der Waals surface area (Å²) in [5.74, 6) is -0.734. The quantitative estimate of drug-likeness (QED) is 0.299. The number of hydrogen-bond acceptors (Lipinski definition) is 5. The number of nitro benzene ring substituents is 1. The molecule has 0 radical (unpaired) electrons. The maximum Gasteiger partial charge on any atom is 0.281 e. The molecule has 0 aliphatic rings. The molecule has 0 saturated heterocycles. The van der Waals surface area contributed by atoms with Gasteiger partial charge in [-0.1, -0.05) is 0 Å². The van der Waals surface area contributed by atoms with E-state index in [4.69, 9.17) is 0 Å². The average Bonchev–Trinajstić information content (AvgIpc) is 3.34. The van der Waals surface area contributed by atoms with E-state index in [2.05, 4.69) is 10.5 Å². The number of hydrazone groups is 1. The number of nitrogens with zero attached hydrogens (tertiary/aromatic N) is 3. The first kappa shape index (κ1) is 18.5. The lowest BCUT2D eigenvalue weighted by Gasteiger charge is -2.05. The summed E-state index contributed by atoms with van der Waals surface area (Å²) in [6.07, 6.45) is 3.29. The van der Waals surface area contributed by atoms with Crippen molar-refractivity contribution in [3.05, 3.63) is 93.4 Å². The molecule has 0 fully saturated rings. The van der Waals surface area contributed by atoms with Crippen LogP contribution in [0.1, 0.15) is 15.4 Å². The van der Waals surface area contributed by atoms with Gasteiger partial charge in [-0.3, -0.25) is 14.9 Å². The molecule has 0 spiro atoms. The number of carbonyl (C=O) groups is 1. The summed E-state index contributed by atoms with van der Waals surface area (Å²) in [6.45, 7) is 0. The highest BCUT2D eigenvalue weighted by Crippen LogP contribution is 2.28. The van der Waals surface area contributed by atoms with Crippen LogP contribution < -0.4 is 5.43 Å². The van der Waals surface area contributed by atoms with E-state index < -0.39 is 10.8 Å². The van der Waals surface area contributed by atoms with Crippen molar-refractivity contribution in [2.75, 3.05) is 0 Å². The van der Waals surface area contributed by atoms with Gasteiger partial charge in [0.2, 0.25) is 0 Å². The number of fused-ring (bicyclic) bond motifs is 1. The second-order valence-corrected chi connectivity index (χ2v) is 7.15. The van der Waals surface area contributed by atoms with Crippen molar-refractivity contribution in [2.45, 2.75) is 0 Å². The second-order valence-electron chi connectivity index (χ2n) is 6.07. The molecule has 2 aromatic heterocycles. The molecule has 4 aromatic rings. The van der Waals surface area contributed by atoms with Crippen molar-refractivity contribution in [3.63, 3.8) is 0 Å². The van der Waals surface area contributed by atoms with Crippen molar-refractivity contribution in [3.8, 4) is 5.69 Å². The summed E-state index contributed by atoms with van der Waals surface area (Å²) in [5.41, 5.74) is 3.89. The molecule has 144 valence electrons. The zero-order valence-electron chi connectivity index (χ0n) is 14.8. The Hall–Kier alpha value is -3.85. The number of thiophene rings is 1. The number of halogens is 1. The zero-order valence-corrected chi connectivity index (χ0v) is 15.6. The number of rotatable bonds is 5. The lowest BCUT2D eigenvalue weighted by Crippen LogP contribution is -2.16. The molecule has 2 heterocycles. The van der Waals surface area contributed by atoms with Crippen LogP contribution in [-0.4, -0.2) is 21.6 Å². The predicted octanol–water partition coefficient (Wildman–Crippen LogP) is 4.50. The van der Waals surface area contributed by atoms with Crippen LogP contribution in [0.5, 0.6) is 0 Å². The molecule has 7 nitrogen and oxygen atoms in total. The standard InChI is InChI=1S/C20H13FN4O3S/c21-14-3-5-15(6-4-14)24-9-1-2-17(24)12-22-23-20(26)19-11-13-10-16(25(27)28)7-8-18(13)29-19/h1-12H,(H,23,26)/b22-12-. The third-order valence-electron chi connectivity index (χ3n) is 4.18. The molecule has 1 amide bonds. The third-order valence-corrected chi connectivity index (χ3v) is 5.30. The van der Waals surface area contributed by atoms with Crippen LogP contribution in [0.25, 0.3) is 15.8 Å². The van der Waals surface area contributed by atoms with Crippen molar-refractivity contribution in [1.82, 2.24) is 9.99 Å². The monoisotopic (exact) mass is 408 g/mol. The van der Waals surface area contributed by atoms with Crippen LogP contribution in [-0.2, 0) is 0 Å². The predicted molar refractivity (Wildman–Crippen MR) is 109 cm³/mol. The van der Waals surface area contributed by atoms with Crippen LogP contribution in [0, 0.1) is 15.9 Å². The molecule has 0 atom stereocenters. The first-order valence-corrected chi connectivity index (χ1v) is 9.27. The Balaban J connectivity index is 1.49. The SMILES string of the molecule is O=C(N/N=C\c1cccn1-c1ccc(F)cc1)c1cc2cc([N+](=O)[O-])ccc2s1. The number of hydrogen-bond donors (Lipinski definition) is 1. The van der Waals surface area contributed by atoms with E-state index >= 15 is 0 Å². The number of non-ortho nitro benzene ring substituents is 1. The number of amides is 1. The van der Waals surface area contributed by atoms with Gasteiger partial charge in [-0.2, -0.15) is 5.10 Å². The van der Waals surface area contributed by atoms with Gasteiger partial charge >= 0.3 is 0 Å². The van der Waals surface area contributed by atoms with Gasteiger partial charge in [0.25, 0.3) is 11.6 Å². The molecule has 0 aliphatic carbocycles. The van der Waals surface area contributed by atoms with E-state index in [0.717, 1.165) is 10.4 Å². The lowest BCUT2D eigenvalue weighted by atomic mass is 10.2. The molecule has 0 saturated carbocycles. The number of nitrogens with one attached hydrogen (secondary N) is 1. The fourth-order valence-corrected chi connectivity index (χ4v) is 3.74. The van der Waals surface area contributed by atoms with Gasteiger partial charge < -0.3 is 4.57 Å². The van der Waals surface area contributed by atoms with Gasteiger partial charge in [-0.15, -0.1) is 11.3 Å². The Morgan fingerprint density at radius 2 is 1.97 bits per heavy atom. The van der Waals surface area contributed by atoms with Crippen LogP contribution in [0.2, 0.25) is 0 Å². The number of nitro groups is 1. The van der Waals surface area contributed by atoms with Crippen LogP contribution in [0.3, 0.4) is 0 Å². The van der Waals surface area contributed by atoms with E-state index in [0.29, 0.717) is 16.0 Å². The largest absolute Gasteiger partial charge is 0.316 e. The highest BCUT2D eigenvalue weighted by Gasteiger charge is 2.13. The summed E-state index contributed by atoms with van der Waals surface area (Å²) in [7, 11) is 0. The average molecular weight is 408 g/mol. The minimum atomic E-state index is -0.475. The first-order chi connectivity index (χ1) is 14.0. The van der Waals surface area contributed by atoms with Gasteiger partial charge in [-0.05, 0) is 48.5 Å². The first-order valence-electron chi connectivity index (χ1n) is 8.46. The summed E-state index contributed by atoms with van der Waals surface area (Å²) in [4.78, 5) is 23.2. The van der Waals surface area contributed by atoms with Crippen molar-refractivity contribution in [1.29, 1.82) is 0 Å². The summed E-state index contributed by atoms with van der Waals surface area (Å²) >= 11 is 1.23. The van der Waals surface area contributed by atoms with Crippen molar-refractivity contribution in [2.24, 2.45) is 5.10 Å². The molecule has 29 heavy (non-hydrogen) atoms. The van der Waals surface area contributed by atoms with Crippen LogP contribution >= 0.6 is 11.3 Å². The fraction of sp³-hybridized carbons (Fsp3) is 0. The molecular formula is C20H13FN4O3S. The fourth-order valence-electron chi connectivity index (χ4n) is 2.80. The maximum absolute atomic E-state index is 13.1. The summed E-state index contributed by atoms with van der Waals surface area (Å²) in [6, 6.07) is 15.7. The minimum Gasteiger partial charge on any atom is -0.316 e. The minimum absolute atomic E-state index is 0.0261. The van der Waals surface area contributed by atoms with E-state index in [1.54, 1.807) is 41.1 Å². The topological polar surface area (TPSA) is 89.5 Å². The zero-order chi connectivity index (χ0) is 20.4. The molecular weight excluding hydrogens is 395 g/mol. The number of aromatic nitrogens is 1. The summed E-state index contributed by atoms with van der Waals surface area (Å²) in [5, 5.41) is 15.5. The van der Waals surface area contributed by atoms with Gasteiger partial charge in [-0.25, -0.2) is 9.82 Å². The highest BCUT2D eigenvalue weighted by molar-refractivity contribution is 7.20. The normalized spacial score (nSPS) is 11.2. The Morgan fingerprint density at radius 3 is 2.72 bits per heavy atom. The van der Waals surface area contributed by atoms with E-state index in [1.165, 1.54) is 41.8 Å². The molecule has 1 N–H and O–H groups in total. The van der Waals surface area contributed by atoms with Gasteiger partial charge in [0, 0.05) is 34.1 Å². The molecule has 0 aliphatic heterocycles. The summed E-state index contributed by atoms with van der Waals surface area (Å²) < 4.78 is 15.7. The Morgan fingerprint density at radius 1 is 1.17 bits per heavy atom.